The molecular weight excluding hydrogens is 424 g/mol. The zero-order valence-electron chi connectivity index (χ0n) is 13.3. The van der Waals surface area contributed by atoms with Gasteiger partial charge >= 0.3 is 0 Å². The van der Waals surface area contributed by atoms with Gasteiger partial charge in [0.1, 0.15) is 0 Å². The fourth-order valence-electron chi connectivity index (χ4n) is 2.19. The van der Waals surface area contributed by atoms with E-state index in [4.69, 9.17) is 0 Å². The Balaban J connectivity index is 1.67. The summed E-state index contributed by atoms with van der Waals surface area (Å²) in [6.07, 6.45) is 3.42. The van der Waals surface area contributed by atoms with Crippen molar-refractivity contribution in [2.75, 3.05) is 11.5 Å². The summed E-state index contributed by atoms with van der Waals surface area (Å²) in [7, 11) is -1.46. The van der Waals surface area contributed by atoms with Crippen LogP contribution in [-0.2, 0) is 16.9 Å². The second kappa shape index (κ2) is 7.67. The van der Waals surface area contributed by atoms with E-state index < -0.39 is 9.84 Å². The third kappa shape index (κ3) is 4.28. The van der Waals surface area contributed by atoms with Gasteiger partial charge in [0.25, 0.3) is 0 Å². The normalized spacial score (nSPS) is 11.6. The van der Waals surface area contributed by atoms with E-state index >= 15 is 0 Å². The van der Waals surface area contributed by atoms with Crippen LogP contribution in [0.3, 0.4) is 0 Å². The second-order valence-corrected chi connectivity index (χ2v) is 9.32. The van der Waals surface area contributed by atoms with E-state index in [0.29, 0.717) is 21.6 Å². The molecule has 9 heteroatoms. The number of pyridine rings is 1. The predicted octanol–water partition coefficient (Wildman–Crippen LogP) is 3.21. The van der Waals surface area contributed by atoms with E-state index in [1.807, 2.05) is 23.7 Å². The van der Waals surface area contributed by atoms with Crippen LogP contribution in [0.2, 0.25) is 0 Å². The van der Waals surface area contributed by atoms with Crippen molar-refractivity contribution in [2.45, 2.75) is 10.1 Å². The summed E-state index contributed by atoms with van der Waals surface area (Å²) in [5, 5.41) is 8.98. The van der Waals surface area contributed by atoms with Crippen LogP contribution in [0.1, 0.15) is 0 Å². The van der Waals surface area contributed by atoms with Crippen LogP contribution in [0.15, 0.2) is 63.3 Å². The Bertz CT molecular complexity index is 958. The van der Waals surface area contributed by atoms with Crippen LogP contribution < -0.4 is 0 Å². The van der Waals surface area contributed by atoms with Crippen molar-refractivity contribution in [3.05, 3.63) is 53.3 Å². The molecule has 0 atom stereocenters. The van der Waals surface area contributed by atoms with Gasteiger partial charge in [-0.3, -0.25) is 4.98 Å². The van der Waals surface area contributed by atoms with Gasteiger partial charge in [-0.15, -0.1) is 10.2 Å². The maximum atomic E-state index is 12.4. The van der Waals surface area contributed by atoms with E-state index in [0.717, 1.165) is 10.0 Å². The Morgan fingerprint density at radius 2 is 1.92 bits per heavy atom. The molecule has 0 N–H and O–H groups in total. The van der Waals surface area contributed by atoms with Crippen LogP contribution in [0.4, 0.5) is 0 Å². The lowest BCUT2D eigenvalue weighted by Crippen LogP contribution is -2.09. The minimum atomic E-state index is -3.31. The first-order valence-electron chi connectivity index (χ1n) is 7.38. The zero-order valence-corrected chi connectivity index (χ0v) is 16.6. The fraction of sp³-hybridized carbons (Fsp3) is 0.188. The summed E-state index contributed by atoms with van der Waals surface area (Å²) in [6, 6.07) is 10.4. The monoisotopic (exact) mass is 438 g/mol. The number of hydrogen-bond donors (Lipinski definition) is 0. The van der Waals surface area contributed by atoms with Crippen molar-refractivity contribution in [3.8, 4) is 11.4 Å². The highest BCUT2D eigenvalue weighted by atomic mass is 79.9. The summed E-state index contributed by atoms with van der Waals surface area (Å²) in [5.41, 5.74) is 0.867. The SMILES string of the molecule is Cn1c(SCCS(=O)(=O)c2ccc(Br)cc2)nnc1-c1cccnc1. The molecule has 0 aliphatic rings. The number of sulfone groups is 1. The number of thioether (sulfide) groups is 1. The Labute approximate surface area is 158 Å². The highest BCUT2D eigenvalue weighted by Crippen LogP contribution is 2.23. The number of aromatic nitrogens is 4. The van der Waals surface area contributed by atoms with Gasteiger partial charge in [0, 0.05) is 35.2 Å². The number of hydrogen-bond acceptors (Lipinski definition) is 6. The van der Waals surface area contributed by atoms with Crippen molar-refractivity contribution in [1.82, 2.24) is 19.7 Å². The standard InChI is InChI=1S/C16H15BrN4O2S2/c1-21-15(12-3-2-8-18-11-12)19-20-16(21)24-9-10-25(22,23)14-6-4-13(17)5-7-14/h2-8,11H,9-10H2,1H3. The van der Waals surface area contributed by atoms with Crippen molar-refractivity contribution in [3.63, 3.8) is 0 Å². The molecule has 2 heterocycles. The zero-order chi connectivity index (χ0) is 17.9. The Morgan fingerprint density at radius 1 is 1.16 bits per heavy atom. The molecule has 0 unspecified atom stereocenters. The van der Waals surface area contributed by atoms with Gasteiger partial charge in [-0.2, -0.15) is 0 Å². The molecular formula is C16H15BrN4O2S2. The molecule has 130 valence electrons. The van der Waals surface area contributed by atoms with Crippen LogP contribution >= 0.6 is 27.7 Å². The average molecular weight is 439 g/mol. The van der Waals surface area contributed by atoms with Gasteiger partial charge < -0.3 is 4.57 Å². The third-order valence-corrected chi connectivity index (χ3v) is 7.05. The Morgan fingerprint density at radius 3 is 2.60 bits per heavy atom. The van der Waals surface area contributed by atoms with Crippen molar-refractivity contribution >= 4 is 37.5 Å². The van der Waals surface area contributed by atoms with Gasteiger partial charge in [-0.05, 0) is 36.4 Å². The molecule has 0 saturated heterocycles. The van der Waals surface area contributed by atoms with Gasteiger partial charge in [0.05, 0.1) is 10.6 Å². The molecule has 0 aliphatic heterocycles. The molecule has 0 saturated carbocycles. The number of nitrogens with zero attached hydrogens (tertiary/aromatic N) is 4. The molecule has 0 aliphatic carbocycles. The average Bonchev–Trinajstić information content (AvgIpc) is 2.97. The maximum absolute atomic E-state index is 12.4. The number of benzene rings is 1. The van der Waals surface area contributed by atoms with E-state index in [1.54, 1.807) is 36.7 Å². The molecule has 0 radical (unpaired) electrons. The number of rotatable bonds is 6. The van der Waals surface area contributed by atoms with E-state index in [9.17, 15) is 8.42 Å². The lowest BCUT2D eigenvalue weighted by atomic mass is 10.3. The first kappa shape index (κ1) is 18.1. The van der Waals surface area contributed by atoms with Crippen molar-refractivity contribution in [1.29, 1.82) is 0 Å². The summed E-state index contributed by atoms with van der Waals surface area (Å²) < 4.78 is 27.4. The van der Waals surface area contributed by atoms with Crippen molar-refractivity contribution in [2.24, 2.45) is 7.05 Å². The first-order valence-corrected chi connectivity index (χ1v) is 10.8. The van der Waals surface area contributed by atoms with E-state index in [1.165, 1.54) is 11.8 Å². The van der Waals surface area contributed by atoms with Crippen LogP contribution in [-0.4, -0.2) is 39.7 Å². The predicted molar refractivity (Wildman–Crippen MR) is 101 cm³/mol. The third-order valence-electron chi connectivity index (χ3n) is 3.51. The van der Waals surface area contributed by atoms with Crippen molar-refractivity contribution < 1.29 is 8.42 Å². The van der Waals surface area contributed by atoms with Gasteiger partial charge in [0.2, 0.25) is 0 Å². The minimum Gasteiger partial charge on any atom is -0.305 e. The molecule has 1 aromatic carbocycles. The topological polar surface area (TPSA) is 77.7 Å². The first-order chi connectivity index (χ1) is 12.0. The molecule has 0 spiro atoms. The van der Waals surface area contributed by atoms with Crippen LogP contribution in [0.5, 0.6) is 0 Å². The molecule has 25 heavy (non-hydrogen) atoms. The summed E-state index contributed by atoms with van der Waals surface area (Å²) in [4.78, 5) is 4.40. The molecule has 0 fully saturated rings. The summed E-state index contributed by atoms with van der Waals surface area (Å²) in [5.74, 6) is 1.14. The Kier molecular flexibility index (Phi) is 5.55. The highest BCUT2D eigenvalue weighted by Gasteiger charge is 2.16. The summed E-state index contributed by atoms with van der Waals surface area (Å²) in [6.45, 7) is 0. The lowest BCUT2D eigenvalue weighted by Gasteiger charge is -2.05. The molecule has 3 rings (SSSR count). The van der Waals surface area contributed by atoms with E-state index in [-0.39, 0.29) is 5.75 Å². The fourth-order valence-corrected chi connectivity index (χ4v) is 5.01. The largest absolute Gasteiger partial charge is 0.305 e. The van der Waals surface area contributed by atoms with Gasteiger partial charge in [0.15, 0.2) is 20.8 Å². The Hall–Kier alpha value is -1.71. The van der Waals surface area contributed by atoms with Gasteiger partial charge in [-0.25, -0.2) is 8.42 Å². The van der Waals surface area contributed by atoms with Crippen LogP contribution in [0.25, 0.3) is 11.4 Å². The molecule has 2 aromatic heterocycles. The maximum Gasteiger partial charge on any atom is 0.191 e. The summed E-state index contributed by atoms with van der Waals surface area (Å²) >= 11 is 4.67. The highest BCUT2D eigenvalue weighted by molar-refractivity contribution is 9.10. The van der Waals surface area contributed by atoms with Gasteiger partial charge in [-0.1, -0.05) is 27.7 Å². The van der Waals surface area contributed by atoms with Crippen LogP contribution in [0, 0.1) is 0 Å². The molecule has 0 amide bonds. The molecule has 0 bridgehead atoms. The molecule has 6 nitrogen and oxygen atoms in total. The minimum absolute atomic E-state index is 0.0361. The van der Waals surface area contributed by atoms with E-state index in [2.05, 4.69) is 31.1 Å². The number of halogens is 1. The quantitative estimate of drug-likeness (QED) is 0.549. The smallest absolute Gasteiger partial charge is 0.191 e. The lowest BCUT2D eigenvalue weighted by molar-refractivity contribution is 0.597. The molecule has 3 aromatic rings. The second-order valence-electron chi connectivity index (χ2n) is 5.23.